The van der Waals surface area contributed by atoms with E-state index >= 15 is 0 Å². The van der Waals surface area contributed by atoms with Crippen molar-refractivity contribution in [1.82, 2.24) is 0 Å². The van der Waals surface area contributed by atoms with Crippen molar-refractivity contribution in [2.24, 2.45) is 0 Å². The molecular weight excluding hydrogens is 449 g/mol. The summed E-state index contributed by atoms with van der Waals surface area (Å²) in [6.45, 7) is 29.2. The molecule has 194 valence electrons. The molecule has 0 aliphatic rings. The number of rotatable bonds is 10. The van der Waals surface area contributed by atoms with E-state index < -0.39 is 27.3 Å². The lowest BCUT2D eigenvalue weighted by molar-refractivity contribution is 0.0557. The van der Waals surface area contributed by atoms with Crippen molar-refractivity contribution in [3.8, 4) is 22.9 Å². The molecule has 0 aromatic carbocycles. The minimum atomic E-state index is -1.90. The second-order valence-electron chi connectivity index (χ2n) is 11.5. The summed E-state index contributed by atoms with van der Waals surface area (Å²) in [6.07, 6.45) is 0. The highest BCUT2D eigenvalue weighted by molar-refractivity contribution is 6.90. The van der Waals surface area contributed by atoms with Crippen molar-refractivity contribution in [1.29, 1.82) is 0 Å². The molecule has 0 saturated heterocycles. The van der Waals surface area contributed by atoms with Gasteiger partial charge in [-0.3, -0.25) is 0 Å². The summed E-state index contributed by atoms with van der Waals surface area (Å²) in [5, 5.41) is 0. The number of ether oxygens (including phenoxy) is 2. The molecule has 0 radical (unpaired) electrons. The van der Waals surface area contributed by atoms with Crippen molar-refractivity contribution in [3.63, 3.8) is 0 Å². The number of hydrogen-bond acceptors (Lipinski definition) is 2. The first-order valence-corrected chi connectivity index (χ1v) is 18.1. The number of hydrogen-bond donors (Lipinski definition) is 0. The van der Waals surface area contributed by atoms with Crippen LogP contribution in [0.5, 0.6) is 0 Å². The van der Waals surface area contributed by atoms with Gasteiger partial charge in [0, 0.05) is 14.2 Å². The summed E-state index contributed by atoms with van der Waals surface area (Å²) < 4.78 is 11.8. The molecule has 0 aromatic heterocycles. The zero-order valence-electron chi connectivity index (χ0n) is 25.2. The summed E-state index contributed by atoms with van der Waals surface area (Å²) in [5.41, 5.74) is 13.6. The van der Waals surface area contributed by atoms with Crippen LogP contribution < -0.4 is 0 Å². The van der Waals surface area contributed by atoms with Gasteiger partial charge in [0.25, 0.3) is 0 Å². The molecular formula is C30H54O2Si2. The van der Waals surface area contributed by atoms with Crippen LogP contribution in [0, 0.1) is 22.9 Å². The third-order valence-electron chi connectivity index (χ3n) is 8.23. The lowest BCUT2D eigenvalue weighted by Crippen LogP contribution is -2.43. The Labute approximate surface area is 215 Å². The van der Waals surface area contributed by atoms with E-state index in [4.69, 9.17) is 9.47 Å². The molecule has 0 N–H and O–H groups in total. The summed E-state index contributed by atoms with van der Waals surface area (Å²) in [7, 11) is -0.0254. The maximum Gasteiger partial charge on any atom is 0.146 e. The van der Waals surface area contributed by atoms with E-state index in [2.05, 4.69) is 119 Å². The fraction of sp³-hybridized carbons (Fsp3) is 0.767. The molecule has 0 saturated carbocycles. The van der Waals surface area contributed by atoms with Gasteiger partial charge in [-0.25, -0.2) is 0 Å². The molecule has 0 aliphatic heterocycles. The summed E-state index contributed by atoms with van der Waals surface area (Å²) >= 11 is 0. The molecule has 34 heavy (non-hydrogen) atoms. The topological polar surface area (TPSA) is 18.5 Å². The van der Waals surface area contributed by atoms with E-state index in [9.17, 15) is 0 Å². The Kier molecular flexibility index (Phi) is 12.9. The van der Waals surface area contributed by atoms with E-state index in [1.807, 2.05) is 0 Å². The molecule has 0 amide bonds. The Morgan fingerprint density at radius 1 is 0.647 bits per heavy atom. The fourth-order valence-electron chi connectivity index (χ4n) is 4.81. The Morgan fingerprint density at radius 3 is 1.24 bits per heavy atom. The quantitative estimate of drug-likeness (QED) is 0.169. The van der Waals surface area contributed by atoms with Gasteiger partial charge in [-0.15, -0.1) is 11.1 Å². The van der Waals surface area contributed by atoms with Crippen LogP contribution in [-0.2, 0) is 9.47 Å². The van der Waals surface area contributed by atoms with Gasteiger partial charge in [-0.2, -0.15) is 0 Å². The van der Waals surface area contributed by atoms with Crippen LogP contribution in [-0.4, -0.2) is 41.6 Å². The fourth-order valence-corrected chi connectivity index (χ4v) is 12.4. The van der Waals surface area contributed by atoms with Crippen LogP contribution in [0.25, 0.3) is 0 Å². The van der Waals surface area contributed by atoms with E-state index in [0.29, 0.717) is 16.6 Å². The Hall–Kier alpha value is -1.01. The molecule has 4 heteroatoms. The monoisotopic (exact) mass is 502 g/mol. The molecule has 2 nitrogen and oxygen atoms in total. The summed E-state index contributed by atoms with van der Waals surface area (Å²) in [4.78, 5) is 0. The maximum atomic E-state index is 5.92. The summed E-state index contributed by atoms with van der Waals surface area (Å²) in [6, 6.07) is 3.50. The van der Waals surface area contributed by atoms with Crippen molar-refractivity contribution in [2.75, 3.05) is 14.2 Å². The first-order valence-electron chi connectivity index (χ1n) is 13.2. The SMILES string of the molecule is CC[Si](C#CC(=C=C(C#C[Si](C(C)C)(C(C)C)C(C)C)C(C)(C)OC)C(C)(C)OC)(CC)CC. The molecule has 0 spiro atoms. The molecule has 0 heterocycles. The number of methoxy groups -OCH3 is 2. The Balaban J connectivity index is 7.52. The zero-order chi connectivity index (χ0) is 27.0. The first kappa shape index (κ1) is 33.0. The van der Waals surface area contributed by atoms with Gasteiger partial charge in [0.1, 0.15) is 27.3 Å². The predicted octanol–water partition coefficient (Wildman–Crippen LogP) is 8.56. The van der Waals surface area contributed by atoms with Crippen molar-refractivity contribution < 1.29 is 9.47 Å². The van der Waals surface area contributed by atoms with Crippen LogP contribution in [0.3, 0.4) is 0 Å². The van der Waals surface area contributed by atoms with E-state index in [-0.39, 0.29) is 0 Å². The molecule has 0 rings (SSSR count). The lowest BCUT2D eigenvalue weighted by atomic mass is 9.94. The standard InChI is InChI=1S/C30H54O2Si2/c1-16-33(17-2,18-3)21-19-27(29(10,11)31-14)23-28(30(12,13)32-15)20-22-34(24(4)5,25(6)7)26(8)9/h24-26H,16-18H2,1-15H3. The zero-order valence-corrected chi connectivity index (χ0v) is 27.2. The van der Waals surface area contributed by atoms with Gasteiger partial charge in [0.15, 0.2) is 0 Å². The predicted molar refractivity (Wildman–Crippen MR) is 157 cm³/mol. The molecule has 0 bridgehead atoms. The van der Waals surface area contributed by atoms with E-state index in [0.717, 1.165) is 11.1 Å². The minimum Gasteiger partial charge on any atom is -0.373 e. The largest absolute Gasteiger partial charge is 0.373 e. The van der Waals surface area contributed by atoms with Crippen molar-refractivity contribution >= 4 is 16.1 Å². The Morgan fingerprint density at radius 2 is 0.971 bits per heavy atom. The molecule has 0 atom stereocenters. The first-order chi connectivity index (χ1) is 15.6. The highest BCUT2D eigenvalue weighted by Crippen LogP contribution is 2.41. The van der Waals surface area contributed by atoms with Crippen molar-refractivity contribution in [2.45, 2.75) is 136 Å². The minimum absolute atomic E-state index is 0.554. The van der Waals surface area contributed by atoms with Crippen LogP contribution in [0.15, 0.2) is 16.9 Å². The highest BCUT2D eigenvalue weighted by Gasteiger charge is 2.42. The normalized spacial score (nSPS) is 12.8. The van der Waals surface area contributed by atoms with E-state index in [1.54, 1.807) is 14.2 Å². The van der Waals surface area contributed by atoms with Crippen LogP contribution in [0.4, 0.5) is 0 Å². The smallest absolute Gasteiger partial charge is 0.146 e. The van der Waals surface area contributed by atoms with Gasteiger partial charge < -0.3 is 9.47 Å². The van der Waals surface area contributed by atoms with Crippen LogP contribution >= 0.6 is 0 Å². The highest BCUT2D eigenvalue weighted by atomic mass is 28.3. The molecule has 0 aromatic rings. The van der Waals surface area contributed by atoms with E-state index in [1.165, 1.54) is 18.1 Å². The van der Waals surface area contributed by atoms with Crippen LogP contribution in [0.2, 0.25) is 34.8 Å². The summed E-state index contributed by atoms with van der Waals surface area (Å²) in [5.74, 6) is 7.18. The average molecular weight is 503 g/mol. The Bertz CT molecular complexity index is 814. The van der Waals surface area contributed by atoms with Gasteiger partial charge in [-0.05, 0) is 62.5 Å². The van der Waals surface area contributed by atoms with Gasteiger partial charge in [0.05, 0.1) is 11.1 Å². The molecule has 0 aliphatic carbocycles. The molecule has 0 fully saturated rings. The third-order valence-corrected chi connectivity index (χ3v) is 19.2. The van der Waals surface area contributed by atoms with Gasteiger partial charge in [-0.1, -0.05) is 79.9 Å². The maximum absolute atomic E-state index is 5.92. The second kappa shape index (κ2) is 13.3. The average Bonchev–Trinajstić information content (AvgIpc) is 2.77. The van der Waals surface area contributed by atoms with Gasteiger partial charge >= 0.3 is 0 Å². The second-order valence-corrected chi connectivity index (χ2v) is 22.1. The van der Waals surface area contributed by atoms with Crippen LogP contribution in [0.1, 0.15) is 90.0 Å². The third kappa shape index (κ3) is 7.75. The van der Waals surface area contributed by atoms with Crippen molar-refractivity contribution in [3.05, 3.63) is 16.9 Å². The van der Waals surface area contributed by atoms with Gasteiger partial charge in [0.2, 0.25) is 0 Å². The lowest BCUT2D eigenvalue weighted by Gasteiger charge is -2.38. The molecule has 0 unspecified atom stereocenters.